The van der Waals surface area contributed by atoms with Crippen LogP contribution in [0.1, 0.15) is 24.8 Å². The number of nitrogens with zero attached hydrogens (tertiary/aromatic N) is 3. The monoisotopic (exact) mass is 610 g/mol. The van der Waals surface area contributed by atoms with Crippen LogP contribution in [-0.2, 0) is 19.6 Å². The minimum Gasteiger partial charge on any atom is -0.486 e. The van der Waals surface area contributed by atoms with Crippen molar-refractivity contribution in [2.24, 2.45) is 5.10 Å². The van der Waals surface area contributed by atoms with E-state index in [-0.39, 0.29) is 35.5 Å². The maximum absolute atomic E-state index is 13.6. The number of amides is 2. The minimum absolute atomic E-state index is 0.0385. The fourth-order valence-electron chi connectivity index (χ4n) is 4.61. The summed E-state index contributed by atoms with van der Waals surface area (Å²) in [5.74, 6) is -0.122. The van der Waals surface area contributed by atoms with Crippen LogP contribution in [0, 0.1) is 5.82 Å². The number of benzene rings is 3. The zero-order chi connectivity index (χ0) is 30.2. The third kappa shape index (κ3) is 7.60. The van der Waals surface area contributed by atoms with Gasteiger partial charge >= 0.3 is 0 Å². The Balaban J connectivity index is 1.22. The number of ether oxygens (including phenoxy) is 3. The largest absolute Gasteiger partial charge is 0.486 e. The molecule has 0 saturated carbocycles. The summed E-state index contributed by atoms with van der Waals surface area (Å²) in [5.41, 5.74) is 3.05. The molecule has 13 heteroatoms. The van der Waals surface area contributed by atoms with Crippen molar-refractivity contribution in [2.45, 2.75) is 24.2 Å². The molecule has 11 nitrogen and oxygen atoms in total. The number of nitrogens with one attached hydrogen (secondary N) is 1. The van der Waals surface area contributed by atoms with Crippen molar-refractivity contribution in [3.63, 3.8) is 0 Å². The molecule has 1 fully saturated rings. The normalized spacial score (nSPS) is 14.8. The van der Waals surface area contributed by atoms with Gasteiger partial charge in [0.15, 0.2) is 18.1 Å². The van der Waals surface area contributed by atoms with Gasteiger partial charge < -0.3 is 19.1 Å². The van der Waals surface area contributed by atoms with E-state index < -0.39 is 28.3 Å². The molecule has 0 spiro atoms. The second-order valence-corrected chi connectivity index (χ2v) is 11.7. The van der Waals surface area contributed by atoms with Crippen molar-refractivity contribution in [3.05, 3.63) is 78.1 Å². The minimum atomic E-state index is -4.27. The predicted octanol–water partition coefficient (Wildman–Crippen LogP) is 3.33. The van der Waals surface area contributed by atoms with E-state index in [1.54, 1.807) is 24.3 Å². The van der Waals surface area contributed by atoms with E-state index in [9.17, 15) is 22.4 Å². The molecule has 0 aromatic heterocycles. The molecule has 2 aliphatic heterocycles. The number of anilines is 1. The summed E-state index contributed by atoms with van der Waals surface area (Å²) in [6, 6.07) is 15.7. The average molecular weight is 611 g/mol. The van der Waals surface area contributed by atoms with Crippen molar-refractivity contribution < 1.29 is 36.6 Å². The molecule has 2 amide bonds. The summed E-state index contributed by atoms with van der Waals surface area (Å²) in [6.07, 6.45) is 4.55. The summed E-state index contributed by atoms with van der Waals surface area (Å²) in [7, 11) is -4.27. The van der Waals surface area contributed by atoms with Crippen molar-refractivity contribution >= 4 is 33.7 Å². The number of carbonyl (C=O) groups excluding carboxylic acids is 2. The average Bonchev–Trinajstić information content (AvgIpc) is 3.03. The van der Waals surface area contributed by atoms with E-state index in [4.69, 9.17) is 14.2 Å². The Morgan fingerprint density at radius 2 is 1.65 bits per heavy atom. The summed E-state index contributed by atoms with van der Waals surface area (Å²) < 4.78 is 58.3. The zero-order valence-electron chi connectivity index (χ0n) is 23.3. The second kappa shape index (κ2) is 13.6. The molecule has 3 aromatic carbocycles. The molecule has 1 N–H and O–H groups in total. The number of rotatable bonds is 10. The number of hydrogen-bond acceptors (Lipinski definition) is 8. The van der Waals surface area contributed by atoms with Crippen LogP contribution in [0.2, 0.25) is 0 Å². The highest BCUT2D eigenvalue weighted by atomic mass is 32.2. The van der Waals surface area contributed by atoms with Gasteiger partial charge in [-0.3, -0.25) is 13.9 Å². The number of hydrogen-bond donors (Lipinski definition) is 1. The first-order chi connectivity index (χ1) is 20.8. The molecule has 0 unspecified atom stereocenters. The van der Waals surface area contributed by atoms with Crippen LogP contribution in [0.25, 0.3) is 0 Å². The van der Waals surface area contributed by atoms with E-state index in [2.05, 4.69) is 10.5 Å². The van der Waals surface area contributed by atoms with E-state index in [1.807, 2.05) is 4.90 Å². The molecule has 3 aromatic rings. The number of carbonyl (C=O) groups is 2. The third-order valence-electron chi connectivity index (χ3n) is 6.86. The third-order valence-corrected chi connectivity index (χ3v) is 8.63. The van der Waals surface area contributed by atoms with E-state index in [0.29, 0.717) is 23.7 Å². The number of piperidine rings is 1. The van der Waals surface area contributed by atoms with Gasteiger partial charge in [-0.1, -0.05) is 0 Å². The van der Waals surface area contributed by atoms with Crippen molar-refractivity contribution in [3.8, 4) is 17.2 Å². The van der Waals surface area contributed by atoms with Crippen LogP contribution in [0.3, 0.4) is 0 Å². The van der Waals surface area contributed by atoms with E-state index >= 15 is 0 Å². The summed E-state index contributed by atoms with van der Waals surface area (Å²) >= 11 is 0. The molecule has 0 radical (unpaired) electrons. The molecule has 0 atom stereocenters. The first kappa shape index (κ1) is 29.8. The maximum atomic E-state index is 13.6. The standard InChI is InChI=1S/C30H31FN4O7S/c31-23-6-8-24(9-7-23)35(43(38,39)26-12-13-27-28(18-26)41-17-16-40-27)20-29(36)33-32-19-22-4-10-25(11-5-22)42-21-30(37)34-14-2-1-3-15-34/h4-13,18-19H,1-3,14-17,20-21H2,(H,33,36)/b32-19-. The smallest absolute Gasteiger partial charge is 0.264 e. The molecule has 0 aliphatic carbocycles. The van der Waals surface area contributed by atoms with Gasteiger partial charge in [0.1, 0.15) is 31.3 Å². The van der Waals surface area contributed by atoms with Gasteiger partial charge in [-0.05, 0) is 85.5 Å². The van der Waals surface area contributed by atoms with Gasteiger partial charge in [0.25, 0.3) is 21.8 Å². The summed E-state index contributed by atoms with van der Waals surface area (Å²) in [4.78, 5) is 26.8. The van der Waals surface area contributed by atoms with Crippen LogP contribution in [0.5, 0.6) is 17.2 Å². The zero-order valence-corrected chi connectivity index (χ0v) is 24.1. The molecule has 0 bridgehead atoms. The van der Waals surface area contributed by atoms with Crippen molar-refractivity contribution in [1.82, 2.24) is 10.3 Å². The van der Waals surface area contributed by atoms with Crippen molar-refractivity contribution in [1.29, 1.82) is 0 Å². The van der Waals surface area contributed by atoms with E-state index in [0.717, 1.165) is 48.8 Å². The molecular formula is C30H31FN4O7S. The first-order valence-electron chi connectivity index (χ1n) is 13.8. The highest BCUT2D eigenvalue weighted by Crippen LogP contribution is 2.34. The molecule has 2 aliphatic rings. The number of hydrazone groups is 1. The van der Waals surface area contributed by atoms with Crippen LogP contribution < -0.4 is 23.9 Å². The van der Waals surface area contributed by atoms with Gasteiger partial charge in [0, 0.05) is 19.2 Å². The Morgan fingerprint density at radius 1 is 0.953 bits per heavy atom. The van der Waals surface area contributed by atoms with Gasteiger partial charge in [-0.15, -0.1) is 0 Å². The van der Waals surface area contributed by atoms with Crippen LogP contribution in [0.4, 0.5) is 10.1 Å². The first-order valence-corrected chi connectivity index (χ1v) is 15.2. The summed E-state index contributed by atoms with van der Waals surface area (Å²) in [5, 5.41) is 3.94. The Hall–Kier alpha value is -4.65. The Morgan fingerprint density at radius 3 is 2.37 bits per heavy atom. The lowest BCUT2D eigenvalue weighted by Crippen LogP contribution is -2.39. The molecule has 1 saturated heterocycles. The van der Waals surface area contributed by atoms with Crippen LogP contribution >= 0.6 is 0 Å². The molecule has 43 heavy (non-hydrogen) atoms. The topological polar surface area (TPSA) is 127 Å². The lowest BCUT2D eigenvalue weighted by Gasteiger charge is -2.26. The number of fused-ring (bicyclic) bond motifs is 1. The fourth-order valence-corrected chi connectivity index (χ4v) is 6.05. The SMILES string of the molecule is O=C(CN(c1ccc(F)cc1)S(=O)(=O)c1ccc2c(c1)OCCO2)N/N=C\c1ccc(OCC(=O)N2CCCCC2)cc1. The van der Waals surface area contributed by atoms with Gasteiger partial charge in [-0.25, -0.2) is 18.2 Å². The number of halogens is 1. The lowest BCUT2D eigenvalue weighted by molar-refractivity contribution is -0.134. The summed E-state index contributed by atoms with van der Waals surface area (Å²) in [6.45, 7) is 1.47. The van der Waals surface area contributed by atoms with Crippen molar-refractivity contribution in [2.75, 3.05) is 43.8 Å². The molecule has 226 valence electrons. The fraction of sp³-hybridized carbons (Fsp3) is 0.300. The maximum Gasteiger partial charge on any atom is 0.264 e. The van der Waals surface area contributed by atoms with Gasteiger partial charge in [0.2, 0.25) is 0 Å². The van der Waals surface area contributed by atoms with Crippen LogP contribution in [0.15, 0.2) is 76.7 Å². The highest BCUT2D eigenvalue weighted by molar-refractivity contribution is 7.92. The lowest BCUT2D eigenvalue weighted by atomic mass is 10.1. The quantitative estimate of drug-likeness (QED) is 0.276. The Kier molecular flexibility index (Phi) is 9.40. The molecule has 2 heterocycles. The van der Waals surface area contributed by atoms with E-state index in [1.165, 1.54) is 36.5 Å². The molecule has 5 rings (SSSR count). The Labute approximate surface area is 248 Å². The van der Waals surface area contributed by atoms with Crippen LogP contribution in [-0.4, -0.2) is 70.8 Å². The Bertz CT molecular complexity index is 1570. The van der Waals surface area contributed by atoms with Gasteiger partial charge in [-0.2, -0.15) is 5.10 Å². The highest BCUT2D eigenvalue weighted by Gasteiger charge is 2.29. The second-order valence-electron chi connectivity index (χ2n) is 9.89. The number of sulfonamides is 1. The van der Waals surface area contributed by atoms with Gasteiger partial charge in [0.05, 0.1) is 16.8 Å². The number of likely N-dealkylation sites (tertiary alicyclic amines) is 1. The predicted molar refractivity (Wildman–Crippen MR) is 156 cm³/mol. The molecular weight excluding hydrogens is 579 g/mol.